The SMILES string of the molecule is CCOc1cc2c(cc1CNCCCC(N)=O)OC(C)C2. The van der Waals surface area contributed by atoms with Gasteiger partial charge >= 0.3 is 0 Å². The molecule has 1 amide bonds. The standard InChI is InChI=1S/C16H24N2O3/c1-3-20-14-8-12-7-11(2)21-15(12)9-13(14)10-18-6-4-5-16(17)19/h8-9,11,18H,3-7,10H2,1-2H3,(H2,17,19). The summed E-state index contributed by atoms with van der Waals surface area (Å²) in [4.78, 5) is 10.7. The van der Waals surface area contributed by atoms with E-state index >= 15 is 0 Å². The smallest absolute Gasteiger partial charge is 0.217 e. The van der Waals surface area contributed by atoms with E-state index in [0.29, 0.717) is 19.6 Å². The van der Waals surface area contributed by atoms with Crippen molar-refractivity contribution >= 4 is 5.91 Å². The Hall–Kier alpha value is -1.75. The van der Waals surface area contributed by atoms with Gasteiger partial charge in [-0.1, -0.05) is 0 Å². The van der Waals surface area contributed by atoms with Crippen LogP contribution < -0.4 is 20.5 Å². The van der Waals surface area contributed by atoms with Crippen molar-refractivity contribution in [3.8, 4) is 11.5 Å². The molecule has 21 heavy (non-hydrogen) atoms. The van der Waals surface area contributed by atoms with Gasteiger partial charge < -0.3 is 20.5 Å². The lowest BCUT2D eigenvalue weighted by atomic mass is 10.1. The Morgan fingerprint density at radius 2 is 2.33 bits per heavy atom. The minimum Gasteiger partial charge on any atom is -0.494 e. The Morgan fingerprint density at radius 1 is 1.52 bits per heavy atom. The van der Waals surface area contributed by atoms with Crippen LogP contribution in [0.1, 0.15) is 37.8 Å². The summed E-state index contributed by atoms with van der Waals surface area (Å²) in [6.45, 7) is 6.14. The van der Waals surface area contributed by atoms with Gasteiger partial charge in [-0.05, 0) is 38.9 Å². The molecule has 0 aliphatic carbocycles. The van der Waals surface area contributed by atoms with Gasteiger partial charge in [-0.3, -0.25) is 4.79 Å². The molecule has 0 saturated heterocycles. The number of primary amides is 1. The zero-order valence-corrected chi connectivity index (χ0v) is 12.8. The van der Waals surface area contributed by atoms with Crippen molar-refractivity contribution < 1.29 is 14.3 Å². The summed E-state index contributed by atoms with van der Waals surface area (Å²) < 4.78 is 11.5. The van der Waals surface area contributed by atoms with Gasteiger partial charge in [0.15, 0.2) is 0 Å². The molecule has 5 heteroatoms. The second kappa shape index (κ2) is 7.31. The highest BCUT2D eigenvalue weighted by Gasteiger charge is 2.21. The summed E-state index contributed by atoms with van der Waals surface area (Å²) in [7, 11) is 0. The zero-order chi connectivity index (χ0) is 15.2. The molecule has 1 heterocycles. The normalized spacial score (nSPS) is 16.4. The minimum atomic E-state index is -0.258. The molecule has 1 aromatic carbocycles. The lowest BCUT2D eigenvalue weighted by Gasteiger charge is -2.13. The van der Waals surface area contributed by atoms with Crippen LogP contribution in [-0.2, 0) is 17.8 Å². The molecule has 1 atom stereocenters. The number of nitrogens with one attached hydrogen (secondary N) is 1. The van der Waals surface area contributed by atoms with Crippen molar-refractivity contribution in [2.45, 2.75) is 45.8 Å². The molecular formula is C16H24N2O3. The van der Waals surface area contributed by atoms with Crippen LogP contribution in [0.3, 0.4) is 0 Å². The maximum atomic E-state index is 10.7. The molecule has 0 spiro atoms. The van der Waals surface area contributed by atoms with Gasteiger partial charge in [-0.2, -0.15) is 0 Å². The second-order valence-corrected chi connectivity index (χ2v) is 5.38. The average molecular weight is 292 g/mol. The number of ether oxygens (including phenoxy) is 2. The molecule has 0 saturated carbocycles. The van der Waals surface area contributed by atoms with E-state index in [1.54, 1.807) is 0 Å². The predicted molar refractivity (Wildman–Crippen MR) is 81.5 cm³/mol. The van der Waals surface area contributed by atoms with E-state index in [4.69, 9.17) is 15.2 Å². The number of hydrogen-bond acceptors (Lipinski definition) is 4. The van der Waals surface area contributed by atoms with E-state index in [0.717, 1.165) is 36.4 Å². The largest absolute Gasteiger partial charge is 0.494 e. The minimum absolute atomic E-state index is 0.230. The van der Waals surface area contributed by atoms with Crippen LogP contribution in [0.25, 0.3) is 0 Å². The summed E-state index contributed by atoms with van der Waals surface area (Å²) >= 11 is 0. The third-order valence-corrected chi connectivity index (χ3v) is 3.47. The van der Waals surface area contributed by atoms with Crippen LogP contribution in [0.5, 0.6) is 11.5 Å². The monoisotopic (exact) mass is 292 g/mol. The highest BCUT2D eigenvalue weighted by molar-refractivity contribution is 5.73. The number of carbonyl (C=O) groups is 1. The van der Waals surface area contributed by atoms with Crippen molar-refractivity contribution in [2.24, 2.45) is 5.73 Å². The van der Waals surface area contributed by atoms with E-state index in [-0.39, 0.29) is 12.0 Å². The van der Waals surface area contributed by atoms with Gasteiger partial charge in [0.1, 0.15) is 17.6 Å². The highest BCUT2D eigenvalue weighted by atomic mass is 16.5. The molecule has 3 N–H and O–H groups in total. The van der Waals surface area contributed by atoms with Crippen LogP contribution in [0.4, 0.5) is 0 Å². The molecule has 2 rings (SSSR count). The lowest BCUT2D eigenvalue weighted by molar-refractivity contribution is -0.118. The number of hydrogen-bond donors (Lipinski definition) is 2. The Labute approximate surface area is 125 Å². The quantitative estimate of drug-likeness (QED) is 0.716. The van der Waals surface area contributed by atoms with Gasteiger partial charge in [0, 0.05) is 30.5 Å². The van der Waals surface area contributed by atoms with Crippen LogP contribution >= 0.6 is 0 Å². The number of benzene rings is 1. The predicted octanol–water partition coefficient (Wildman–Crippen LogP) is 1.76. The van der Waals surface area contributed by atoms with E-state index in [2.05, 4.69) is 24.4 Å². The molecule has 0 bridgehead atoms. The van der Waals surface area contributed by atoms with Crippen molar-refractivity contribution in [3.63, 3.8) is 0 Å². The number of nitrogens with two attached hydrogens (primary N) is 1. The first-order valence-corrected chi connectivity index (χ1v) is 7.54. The average Bonchev–Trinajstić information content (AvgIpc) is 2.77. The third kappa shape index (κ3) is 4.36. The molecule has 0 radical (unpaired) electrons. The van der Waals surface area contributed by atoms with Gasteiger partial charge in [0.2, 0.25) is 5.91 Å². The molecule has 1 aliphatic rings. The molecule has 0 aromatic heterocycles. The molecule has 0 fully saturated rings. The fourth-order valence-electron chi connectivity index (χ4n) is 2.52. The number of rotatable bonds is 8. The van der Waals surface area contributed by atoms with Crippen LogP contribution in [0.15, 0.2) is 12.1 Å². The molecule has 1 aromatic rings. The van der Waals surface area contributed by atoms with Crippen molar-refractivity contribution in [3.05, 3.63) is 23.3 Å². The van der Waals surface area contributed by atoms with E-state index in [1.165, 1.54) is 5.56 Å². The first-order chi connectivity index (χ1) is 10.1. The first-order valence-electron chi connectivity index (χ1n) is 7.54. The van der Waals surface area contributed by atoms with Crippen LogP contribution in [-0.4, -0.2) is 25.2 Å². The van der Waals surface area contributed by atoms with Gasteiger partial charge in [0.25, 0.3) is 0 Å². The topological polar surface area (TPSA) is 73.6 Å². The molecule has 1 unspecified atom stereocenters. The van der Waals surface area contributed by atoms with Gasteiger partial charge in [-0.25, -0.2) is 0 Å². The van der Waals surface area contributed by atoms with E-state index in [9.17, 15) is 4.79 Å². The summed E-state index contributed by atoms with van der Waals surface area (Å²) in [5.41, 5.74) is 7.42. The summed E-state index contributed by atoms with van der Waals surface area (Å²) in [6, 6.07) is 4.15. The van der Waals surface area contributed by atoms with Crippen LogP contribution in [0, 0.1) is 0 Å². The maximum absolute atomic E-state index is 10.7. The van der Waals surface area contributed by atoms with Crippen molar-refractivity contribution in [1.29, 1.82) is 0 Å². The van der Waals surface area contributed by atoms with E-state index in [1.807, 2.05) is 6.92 Å². The fraction of sp³-hybridized carbons (Fsp3) is 0.562. The van der Waals surface area contributed by atoms with Crippen molar-refractivity contribution in [2.75, 3.05) is 13.2 Å². The Morgan fingerprint density at radius 3 is 3.05 bits per heavy atom. The molecule has 1 aliphatic heterocycles. The molecule has 116 valence electrons. The lowest BCUT2D eigenvalue weighted by Crippen LogP contribution is -2.18. The highest BCUT2D eigenvalue weighted by Crippen LogP contribution is 2.35. The Balaban J connectivity index is 1.97. The third-order valence-electron chi connectivity index (χ3n) is 3.47. The number of amides is 1. The fourth-order valence-corrected chi connectivity index (χ4v) is 2.52. The Kier molecular flexibility index (Phi) is 5.44. The summed E-state index contributed by atoms with van der Waals surface area (Å²) in [6.07, 6.45) is 2.32. The summed E-state index contributed by atoms with van der Waals surface area (Å²) in [5.74, 6) is 1.61. The van der Waals surface area contributed by atoms with Gasteiger partial charge in [-0.15, -0.1) is 0 Å². The first kappa shape index (κ1) is 15.6. The van der Waals surface area contributed by atoms with Gasteiger partial charge in [0.05, 0.1) is 6.61 Å². The van der Waals surface area contributed by atoms with E-state index < -0.39 is 0 Å². The van der Waals surface area contributed by atoms with Crippen molar-refractivity contribution in [1.82, 2.24) is 5.32 Å². The van der Waals surface area contributed by atoms with Crippen LogP contribution in [0.2, 0.25) is 0 Å². The summed E-state index contributed by atoms with van der Waals surface area (Å²) in [5, 5.41) is 3.31. The number of fused-ring (bicyclic) bond motifs is 1. The molecule has 5 nitrogen and oxygen atoms in total. The zero-order valence-electron chi connectivity index (χ0n) is 12.8. The Bertz CT molecular complexity index is 503. The second-order valence-electron chi connectivity index (χ2n) is 5.38. The number of carbonyl (C=O) groups excluding carboxylic acids is 1. The maximum Gasteiger partial charge on any atom is 0.217 e. The molecular weight excluding hydrogens is 268 g/mol.